The first-order valence-corrected chi connectivity index (χ1v) is 10.4. The minimum absolute atomic E-state index is 0.360. The molecule has 2 aliphatic heterocycles. The lowest BCUT2D eigenvalue weighted by atomic mass is 9.68. The number of benzene rings is 2. The predicted molar refractivity (Wildman–Crippen MR) is 113 cm³/mol. The van der Waals surface area contributed by atoms with Gasteiger partial charge >= 0.3 is 0 Å². The first-order valence-electron chi connectivity index (χ1n) is 10.4. The molecule has 0 aliphatic carbocycles. The van der Waals surface area contributed by atoms with E-state index < -0.39 is 0 Å². The summed E-state index contributed by atoms with van der Waals surface area (Å²) in [4.78, 5) is 16.3. The van der Waals surface area contributed by atoms with Gasteiger partial charge in [-0.1, -0.05) is 42.5 Å². The fraction of sp³-hybridized carbons (Fsp3) is 0.458. The molecule has 2 aromatic carbocycles. The van der Waals surface area contributed by atoms with Gasteiger partial charge in [-0.2, -0.15) is 0 Å². The van der Waals surface area contributed by atoms with Crippen molar-refractivity contribution in [1.29, 1.82) is 0 Å². The van der Waals surface area contributed by atoms with Gasteiger partial charge < -0.3 is 10.6 Å². The Labute approximate surface area is 168 Å². The molecule has 2 aromatic rings. The monoisotopic (exact) mass is 377 g/mol. The second-order valence-corrected chi connectivity index (χ2v) is 8.85. The van der Waals surface area contributed by atoms with Crippen molar-refractivity contribution in [3.05, 3.63) is 71.3 Å². The van der Waals surface area contributed by atoms with Crippen LogP contribution in [0.4, 0.5) is 0 Å². The highest BCUT2D eigenvalue weighted by atomic mass is 16.1. The van der Waals surface area contributed by atoms with Crippen LogP contribution in [-0.4, -0.2) is 48.9 Å². The highest BCUT2D eigenvalue weighted by Gasteiger charge is 2.41. The Balaban J connectivity index is 1.37. The van der Waals surface area contributed by atoms with Crippen LogP contribution in [0.15, 0.2) is 54.6 Å². The van der Waals surface area contributed by atoms with Crippen LogP contribution in [0.1, 0.15) is 46.7 Å². The van der Waals surface area contributed by atoms with Crippen LogP contribution in [0.2, 0.25) is 0 Å². The molecule has 0 radical (unpaired) electrons. The Kier molecular flexibility index (Phi) is 5.51. The molecule has 1 spiro atoms. The largest absolute Gasteiger partial charge is 0.366 e. The van der Waals surface area contributed by atoms with Crippen molar-refractivity contribution in [2.24, 2.45) is 11.1 Å². The molecule has 2 fully saturated rings. The van der Waals surface area contributed by atoms with E-state index in [0.717, 1.165) is 19.6 Å². The fourth-order valence-corrected chi connectivity index (χ4v) is 5.19. The van der Waals surface area contributed by atoms with E-state index in [4.69, 9.17) is 5.73 Å². The van der Waals surface area contributed by atoms with Gasteiger partial charge in [0, 0.05) is 25.2 Å². The van der Waals surface area contributed by atoms with Gasteiger partial charge in [-0.25, -0.2) is 0 Å². The molecule has 2 aliphatic rings. The van der Waals surface area contributed by atoms with Crippen LogP contribution in [0, 0.1) is 5.41 Å². The van der Waals surface area contributed by atoms with Crippen LogP contribution in [-0.2, 0) is 6.54 Å². The lowest BCUT2D eigenvalue weighted by Crippen LogP contribution is -2.50. The van der Waals surface area contributed by atoms with E-state index in [9.17, 15) is 4.79 Å². The molecule has 148 valence electrons. The molecule has 0 saturated carbocycles. The van der Waals surface area contributed by atoms with Crippen LogP contribution >= 0.6 is 0 Å². The molecule has 1 atom stereocenters. The first-order chi connectivity index (χ1) is 13.5. The first kappa shape index (κ1) is 19.2. The molecular weight excluding hydrogens is 346 g/mol. The highest BCUT2D eigenvalue weighted by Crippen LogP contribution is 2.44. The zero-order valence-electron chi connectivity index (χ0n) is 16.8. The van der Waals surface area contributed by atoms with Gasteiger partial charge in [0.2, 0.25) is 5.91 Å². The van der Waals surface area contributed by atoms with Crippen molar-refractivity contribution in [2.75, 3.05) is 33.2 Å². The number of rotatable bonds is 4. The average Bonchev–Trinajstić information content (AvgIpc) is 2.70. The summed E-state index contributed by atoms with van der Waals surface area (Å²) in [5.41, 5.74) is 9.11. The van der Waals surface area contributed by atoms with Crippen LogP contribution in [0.3, 0.4) is 0 Å². The summed E-state index contributed by atoms with van der Waals surface area (Å²) in [5.74, 6) is 0.286. The van der Waals surface area contributed by atoms with Gasteiger partial charge in [-0.05, 0) is 74.0 Å². The molecule has 2 N–H and O–H groups in total. The van der Waals surface area contributed by atoms with E-state index in [1.807, 2.05) is 24.3 Å². The number of carbonyl (C=O) groups is 1. The Morgan fingerprint density at radius 3 is 2.39 bits per heavy atom. The maximum atomic E-state index is 11.2. The molecule has 28 heavy (non-hydrogen) atoms. The van der Waals surface area contributed by atoms with Gasteiger partial charge in [0.15, 0.2) is 0 Å². The summed E-state index contributed by atoms with van der Waals surface area (Å²) in [6.45, 7) is 5.63. The Morgan fingerprint density at radius 2 is 1.75 bits per heavy atom. The van der Waals surface area contributed by atoms with Gasteiger partial charge in [-0.15, -0.1) is 0 Å². The van der Waals surface area contributed by atoms with Crippen molar-refractivity contribution in [2.45, 2.75) is 31.7 Å². The van der Waals surface area contributed by atoms with Gasteiger partial charge in [0.25, 0.3) is 0 Å². The number of nitrogens with zero attached hydrogens (tertiary/aromatic N) is 2. The summed E-state index contributed by atoms with van der Waals surface area (Å²) < 4.78 is 0. The number of carbonyl (C=O) groups excluding carboxylic acids is 1. The molecule has 1 amide bonds. The lowest BCUT2D eigenvalue weighted by Gasteiger charge is -2.49. The average molecular weight is 378 g/mol. The predicted octanol–water partition coefficient (Wildman–Crippen LogP) is 3.49. The fourth-order valence-electron chi connectivity index (χ4n) is 5.19. The van der Waals surface area contributed by atoms with Gasteiger partial charge in [-0.3, -0.25) is 9.69 Å². The maximum absolute atomic E-state index is 11.2. The molecule has 0 bridgehead atoms. The second-order valence-electron chi connectivity index (χ2n) is 8.85. The van der Waals surface area contributed by atoms with Crippen molar-refractivity contribution in [3.63, 3.8) is 0 Å². The molecular formula is C24H31N3O. The summed E-state index contributed by atoms with van der Waals surface area (Å²) in [7, 11) is 2.28. The lowest BCUT2D eigenvalue weighted by molar-refractivity contribution is 0.0218. The third kappa shape index (κ3) is 4.29. The maximum Gasteiger partial charge on any atom is 0.248 e. The van der Waals surface area contributed by atoms with Crippen LogP contribution in [0.5, 0.6) is 0 Å². The van der Waals surface area contributed by atoms with E-state index in [1.54, 1.807) is 0 Å². The number of hydrogen-bond acceptors (Lipinski definition) is 3. The summed E-state index contributed by atoms with van der Waals surface area (Å²) in [5, 5.41) is 0. The van der Waals surface area contributed by atoms with Crippen LogP contribution < -0.4 is 5.73 Å². The molecule has 2 saturated heterocycles. The Bertz CT molecular complexity index is 794. The third-order valence-electron chi connectivity index (χ3n) is 6.65. The van der Waals surface area contributed by atoms with Gasteiger partial charge in [0.05, 0.1) is 0 Å². The molecule has 4 rings (SSSR count). The topological polar surface area (TPSA) is 49.6 Å². The summed E-state index contributed by atoms with van der Waals surface area (Å²) >= 11 is 0. The summed E-state index contributed by atoms with van der Waals surface area (Å²) in [6, 6.07) is 18.8. The SMILES string of the molecule is CN1C[C@@H](c2ccccc2)CC2(CCN(Cc3ccc(C(N)=O)cc3)CC2)C1. The normalized spacial score (nSPS) is 23.0. The standard InChI is InChI=1S/C24H31N3O/c1-26-17-22(20-5-3-2-4-6-20)15-24(18-26)11-13-27(14-12-24)16-19-7-9-21(10-8-19)23(25)28/h2-10,22H,11-18H2,1H3,(H2,25,28)/t22-/m0/s1. The van der Waals surface area contributed by atoms with E-state index in [1.165, 1.54) is 43.5 Å². The molecule has 0 unspecified atom stereocenters. The second kappa shape index (κ2) is 8.06. The van der Waals surface area contributed by atoms with E-state index in [0.29, 0.717) is 16.9 Å². The van der Waals surface area contributed by atoms with Crippen molar-refractivity contribution < 1.29 is 4.79 Å². The van der Waals surface area contributed by atoms with Crippen molar-refractivity contribution in [3.8, 4) is 0 Å². The minimum Gasteiger partial charge on any atom is -0.366 e. The van der Waals surface area contributed by atoms with Crippen molar-refractivity contribution in [1.82, 2.24) is 9.80 Å². The highest BCUT2D eigenvalue weighted by molar-refractivity contribution is 5.92. The number of piperidine rings is 2. The van der Waals surface area contributed by atoms with Crippen molar-refractivity contribution >= 4 is 5.91 Å². The summed E-state index contributed by atoms with van der Waals surface area (Å²) in [6.07, 6.45) is 3.84. The number of primary amides is 1. The number of amides is 1. The van der Waals surface area contributed by atoms with Gasteiger partial charge in [0.1, 0.15) is 0 Å². The number of likely N-dealkylation sites (N-methyl/N-ethyl adjacent to an activating group) is 1. The number of nitrogens with two attached hydrogens (primary N) is 1. The third-order valence-corrected chi connectivity index (χ3v) is 6.65. The number of likely N-dealkylation sites (tertiary alicyclic amines) is 2. The number of hydrogen-bond donors (Lipinski definition) is 1. The zero-order chi connectivity index (χ0) is 19.6. The quantitative estimate of drug-likeness (QED) is 0.887. The van der Waals surface area contributed by atoms with E-state index in [-0.39, 0.29) is 5.91 Å². The zero-order valence-corrected chi connectivity index (χ0v) is 16.8. The van der Waals surface area contributed by atoms with Crippen LogP contribution in [0.25, 0.3) is 0 Å². The Hall–Kier alpha value is -2.17. The molecule has 2 heterocycles. The molecule has 4 nitrogen and oxygen atoms in total. The molecule has 4 heteroatoms. The molecule has 0 aromatic heterocycles. The smallest absolute Gasteiger partial charge is 0.248 e. The Morgan fingerprint density at radius 1 is 1.07 bits per heavy atom. The van der Waals surface area contributed by atoms with E-state index >= 15 is 0 Å². The van der Waals surface area contributed by atoms with E-state index in [2.05, 4.69) is 47.2 Å². The minimum atomic E-state index is -0.360.